The second-order valence-electron chi connectivity index (χ2n) is 8.91. The van der Waals surface area contributed by atoms with Gasteiger partial charge in [0.25, 0.3) is 0 Å². The van der Waals surface area contributed by atoms with Gasteiger partial charge in [0.05, 0.1) is 0 Å². The highest BCUT2D eigenvalue weighted by molar-refractivity contribution is 5.87. The maximum absolute atomic E-state index is 12.4. The summed E-state index contributed by atoms with van der Waals surface area (Å²) in [5.41, 5.74) is 1.24. The van der Waals surface area contributed by atoms with Crippen molar-refractivity contribution in [2.24, 2.45) is 17.3 Å². The summed E-state index contributed by atoms with van der Waals surface area (Å²) < 4.78 is 18.0. The van der Waals surface area contributed by atoms with E-state index >= 15 is 0 Å². The molecule has 0 spiro atoms. The molecule has 0 amide bonds. The number of hydrogen-bond donors (Lipinski definition) is 0. The Morgan fingerprint density at radius 1 is 1.17 bits per heavy atom. The molecule has 0 radical (unpaired) electrons. The van der Waals surface area contributed by atoms with Crippen molar-refractivity contribution in [1.82, 2.24) is 0 Å². The Balaban J connectivity index is 1.50. The first-order valence-corrected chi connectivity index (χ1v) is 9.49. The lowest BCUT2D eigenvalue weighted by molar-refractivity contribution is -0.229. The van der Waals surface area contributed by atoms with Gasteiger partial charge in [0, 0.05) is 38.9 Å². The molecule has 1 saturated heterocycles. The van der Waals surface area contributed by atoms with Gasteiger partial charge >= 0.3 is 0 Å². The molecule has 5 atom stereocenters. The number of fused-ring (bicyclic) bond motifs is 3. The van der Waals surface area contributed by atoms with E-state index in [0.717, 1.165) is 51.4 Å². The molecule has 3 saturated carbocycles. The molecule has 5 rings (SSSR count). The first-order chi connectivity index (χ1) is 11.4. The molecule has 4 heteroatoms. The maximum atomic E-state index is 12.4. The first-order valence-electron chi connectivity index (χ1n) is 9.49. The van der Waals surface area contributed by atoms with Crippen LogP contribution in [-0.4, -0.2) is 37.0 Å². The Bertz CT molecular complexity index is 636. The Morgan fingerprint density at radius 2 is 1.96 bits per heavy atom. The van der Waals surface area contributed by atoms with Gasteiger partial charge in [-0.25, -0.2) is 0 Å². The molecular weight excluding hydrogens is 304 g/mol. The number of rotatable bonds is 2. The molecule has 24 heavy (non-hydrogen) atoms. The summed E-state index contributed by atoms with van der Waals surface area (Å²) >= 11 is 0. The molecule has 5 aliphatic rings. The zero-order chi connectivity index (χ0) is 16.8. The number of hydrogen-bond acceptors (Lipinski definition) is 4. The third-order valence-corrected chi connectivity index (χ3v) is 8.32. The van der Waals surface area contributed by atoms with Crippen LogP contribution in [0, 0.1) is 17.3 Å². The summed E-state index contributed by atoms with van der Waals surface area (Å²) in [7, 11) is 3.49. The van der Waals surface area contributed by atoms with E-state index in [0.29, 0.717) is 17.6 Å². The minimum atomic E-state index is -0.486. The van der Waals surface area contributed by atoms with E-state index in [1.165, 1.54) is 5.57 Å². The van der Waals surface area contributed by atoms with Crippen molar-refractivity contribution in [2.45, 2.75) is 75.3 Å². The van der Waals surface area contributed by atoms with Gasteiger partial charge in [0.15, 0.2) is 5.79 Å². The largest absolute Gasteiger partial charge is 0.358 e. The fraction of sp³-hybridized carbons (Fsp3) is 0.850. The Labute approximate surface area is 143 Å². The van der Waals surface area contributed by atoms with Gasteiger partial charge in [-0.05, 0) is 49.5 Å². The molecular formula is C20H28O4. The molecule has 1 heterocycles. The van der Waals surface area contributed by atoms with Crippen LogP contribution in [0.3, 0.4) is 0 Å². The van der Waals surface area contributed by atoms with Gasteiger partial charge < -0.3 is 14.2 Å². The van der Waals surface area contributed by atoms with Gasteiger partial charge in [-0.2, -0.15) is 0 Å². The number of epoxide rings is 1. The van der Waals surface area contributed by atoms with Crippen LogP contribution in [0.1, 0.15) is 58.3 Å². The fourth-order valence-electron chi connectivity index (χ4n) is 6.80. The average Bonchev–Trinajstić information content (AvgIpc) is 3.19. The monoisotopic (exact) mass is 332 g/mol. The molecule has 0 aromatic carbocycles. The third-order valence-electron chi connectivity index (χ3n) is 8.32. The maximum Gasteiger partial charge on any atom is 0.170 e. The van der Waals surface area contributed by atoms with Crippen molar-refractivity contribution in [3.63, 3.8) is 0 Å². The highest BCUT2D eigenvalue weighted by Crippen LogP contribution is 2.72. The number of ether oxygens (including phenoxy) is 3. The van der Waals surface area contributed by atoms with Crippen molar-refractivity contribution >= 4 is 5.78 Å². The molecule has 0 bridgehead atoms. The molecule has 0 aromatic heterocycles. The summed E-state index contributed by atoms with van der Waals surface area (Å²) in [4.78, 5) is 12.4. The van der Waals surface area contributed by atoms with E-state index in [1.54, 1.807) is 14.2 Å². The minimum Gasteiger partial charge on any atom is -0.358 e. The summed E-state index contributed by atoms with van der Waals surface area (Å²) in [5, 5.41) is 0. The normalized spacial score (nSPS) is 51.1. The number of Topliss-reactive ketones (excluding diaryl/α,β-unsaturated/α-hetero) is 1. The van der Waals surface area contributed by atoms with Crippen LogP contribution in [0.25, 0.3) is 0 Å². The van der Waals surface area contributed by atoms with Crippen molar-refractivity contribution in [3.05, 3.63) is 11.6 Å². The zero-order valence-corrected chi connectivity index (χ0v) is 15.0. The van der Waals surface area contributed by atoms with Gasteiger partial charge in [0.2, 0.25) is 0 Å². The topological polar surface area (TPSA) is 48.1 Å². The van der Waals surface area contributed by atoms with E-state index in [-0.39, 0.29) is 16.6 Å². The predicted molar refractivity (Wildman–Crippen MR) is 88.4 cm³/mol. The van der Waals surface area contributed by atoms with E-state index in [2.05, 4.69) is 13.0 Å². The first kappa shape index (κ1) is 15.5. The Morgan fingerprint density at radius 3 is 2.71 bits per heavy atom. The van der Waals surface area contributed by atoms with Gasteiger partial charge in [-0.1, -0.05) is 13.0 Å². The molecule has 4 aliphatic carbocycles. The second-order valence-corrected chi connectivity index (χ2v) is 8.91. The summed E-state index contributed by atoms with van der Waals surface area (Å²) in [6, 6.07) is 0. The molecule has 132 valence electrons. The Hall–Kier alpha value is -0.710. The average molecular weight is 332 g/mol. The lowest BCUT2D eigenvalue weighted by atomic mass is 9.54. The predicted octanol–water partition coefficient (Wildman–Crippen LogP) is 3.39. The number of carbonyl (C=O) groups excluding carboxylic acids is 1. The number of ketones is 1. The van der Waals surface area contributed by atoms with Crippen LogP contribution in [-0.2, 0) is 19.0 Å². The van der Waals surface area contributed by atoms with Crippen LogP contribution < -0.4 is 0 Å². The quantitative estimate of drug-likeness (QED) is 0.442. The van der Waals surface area contributed by atoms with Crippen LogP contribution in [0.4, 0.5) is 0 Å². The lowest BCUT2D eigenvalue weighted by Crippen LogP contribution is -2.52. The lowest BCUT2D eigenvalue weighted by Gasteiger charge is -2.49. The standard InChI is InChI=1S/C20H28O4/c1-17-8-7-15-13(14(17)4-5-16(17)21)6-9-18-12-19(22-2,23-3)10-11-20(15,18)24-18/h7,13-14H,4-6,8-12H2,1-3H3/t13?,14?,17-,18+,20+/m0/s1. The summed E-state index contributed by atoms with van der Waals surface area (Å²) in [5.74, 6) is 1.07. The van der Waals surface area contributed by atoms with E-state index < -0.39 is 5.79 Å². The summed E-state index contributed by atoms with van der Waals surface area (Å²) in [6.07, 6.45) is 10.0. The smallest absolute Gasteiger partial charge is 0.170 e. The SMILES string of the molecule is COC1(OC)CC[C@]23O[C@]2(CCC2C3=CC[C@]3(C)C(=O)CCC23)C1. The zero-order valence-electron chi connectivity index (χ0n) is 15.0. The van der Waals surface area contributed by atoms with Crippen LogP contribution in [0.5, 0.6) is 0 Å². The number of methoxy groups -OCH3 is 2. The molecule has 4 fully saturated rings. The second kappa shape index (κ2) is 4.52. The minimum absolute atomic E-state index is 0.0799. The third kappa shape index (κ3) is 1.59. The fourth-order valence-corrected chi connectivity index (χ4v) is 6.80. The van der Waals surface area contributed by atoms with Crippen molar-refractivity contribution in [3.8, 4) is 0 Å². The van der Waals surface area contributed by atoms with Crippen molar-refractivity contribution in [1.29, 1.82) is 0 Å². The van der Waals surface area contributed by atoms with Gasteiger partial charge in [-0.3, -0.25) is 4.79 Å². The summed E-state index contributed by atoms with van der Waals surface area (Å²) in [6.45, 7) is 2.20. The van der Waals surface area contributed by atoms with E-state index in [4.69, 9.17) is 14.2 Å². The van der Waals surface area contributed by atoms with Crippen LogP contribution in [0.2, 0.25) is 0 Å². The van der Waals surface area contributed by atoms with Crippen LogP contribution in [0.15, 0.2) is 11.6 Å². The number of allylic oxidation sites excluding steroid dienone is 1. The molecule has 0 aromatic rings. The van der Waals surface area contributed by atoms with E-state index in [9.17, 15) is 4.79 Å². The highest BCUT2D eigenvalue weighted by Gasteiger charge is 2.78. The molecule has 2 unspecified atom stereocenters. The van der Waals surface area contributed by atoms with Crippen molar-refractivity contribution < 1.29 is 19.0 Å². The molecule has 0 N–H and O–H groups in total. The Kier molecular flexibility index (Phi) is 2.92. The van der Waals surface area contributed by atoms with Gasteiger partial charge in [-0.15, -0.1) is 0 Å². The molecule has 4 nitrogen and oxygen atoms in total. The van der Waals surface area contributed by atoms with Crippen LogP contribution >= 0.6 is 0 Å². The molecule has 1 aliphatic heterocycles. The highest BCUT2D eigenvalue weighted by atomic mass is 16.7. The van der Waals surface area contributed by atoms with Crippen molar-refractivity contribution in [2.75, 3.05) is 14.2 Å². The number of carbonyl (C=O) groups is 1. The van der Waals surface area contributed by atoms with Gasteiger partial charge in [0.1, 0.15) is 17.0 Å². The van der Waals surface area contributed by atoms with E-state index in [1.807, 2.05) is 0 Å².